The fourth-order valence-corrected chi connectivity index (χ4v) is 2.51. The molecule has 0 fully saturated rings. The summed E-state index contributed by atoms with van der Waals surface area (Å²) in [5, 5.41) is 7.19. The summed E-state index contributed by atoms with van der Waals surface area (Å²) in [7, 11) is 1.87. The summed E-state index contributed by atoms with van der Waals surface area (Å²) in [4.78, 5) is 26.7. The minimum absolute atomic E-state index is 0.117. The number of aromatic amines is 1. The Morgan fingerprint density at radius 1 is 1.33 bits per heavy atom. The van der Waals surface area contributed by atoms with Gasteiger partial charge >= 0.3 is 0 Å². The van der Waals surface area contributed by atoms with Crippen molar-refractivity contribution in [2.45, 2.75) is 33.7 Å². The number of pyridine rings is 1. The van der Waals surface area contributed by atoms with E-state index < -0.39 is 0 Å². The van der Waals surface area contributed by atoms with Crippen molar-refractivity contribution in [2.24, 2.45) is 7.05 Å². The van der Waals surface area contributed by atoms with Crippen LogP contribution in [0.2, 0.25) is 0 Å². The Bertz CT molecular complexity index is 743. The second-order valence-electron chi connectivity index (χ2n) is 5.29. The van der Waals surface area contributed by atoms with Crippen LogP contribution in [0.1, 0.15) is 46.0 Å². The highest BCUT2D eigenvalue weighted by molar-refractivity contribution is 5.94. The number of hydrogen-bond donors (Lipinski definition) is 2. The second-order valence-corrected chi connectivity index (χ2v) is 5.29. The van der Waals surface area contributed by atoms with E-state index in [4.69, 9.17) is 0 Å². The van der Waals surface area contributed by atoms with Gasteiger partial charge in [0.25, 0.3) is 11.5 Å². The standard InChI is InChI=1S/C15H20N4O2/c1-8-6-7-12(14(20)16-8)15(21)17-9(2)13-10(3)18-19(5)11(13)4/h6-7,9H,1-5H3,(H,16,20)(H,17,21)/t9-/m0/s1. The van der Waals surface area contributed by atoms with E-state index in [1.165, 1.54) is 0 Å². The van der Waals surface area contributed by atoms with E-state index in [2.05, 4.69) is 15.4 Å². The lowest BCUT2D eigenvalue weighted by molar-refractivity contribution is 0.0938. The van der Waals surface area contributed by atoms with Crippen molar-refractivity contribution in [3.8, 4) is 0 Å². The Labute approximate surface area is 123 Å². The molecule has 0 aliphatic carbocycles. The van der Waals surface area contributed by atoms with E-state index in [0.29, 0.717) is 0 Å². The van der Waals surface area contributed by atoms with Crippen LogP contribution < -0.4 is 10.9 Å². The first-order chi connectivity index (χ1) is 9.81. The van der Waals surface area contributed by atoms with Crippen LogP contribution in [0.3, 0.4) is 0 Å². The maximum atomic E-state index is 12.2. The lowest BCUT2D eigenvalue weighted by Crippen LogP contribution is -2.32. The number of hydrogen-bond acceptors (Lipinski definition) is 3. The van der Waals surface area contributed by atoms with Crippen molar-refractivity contribution in [1.82, 2.24) is 20.1 Å². The number of nitrogens with one attached hydrogen (secondary N) is 2. The molecule has 21 heavy (non-hydrogen) atoms. The molecule has 0 saturated carbocycles. The largest absolute Gasteiger partial charge is 0.345 e. The van der Waals surface area contributed by atoms with Crippen molar-refractivity contribution in [3.63, 3.8) is 0 Å². The maximum Gasteiger partial charge on any atom is 0.260 e. The van der Waals surface area contributed by atoms with Crippen LogP contribution >= 0.6 is 0 Å². The molecule has 2 aromatic rings. The minimum atomic E-state index is -0.383. The lowest BCUT2D eigenvalue weighted by Gasteiger charge is -2.14. The smallest absolute Gasteiger partial charge is 0.260 e. The van der Waals surface area contributed by atoms with Crippen LogP contribution in [0.5, 0.6) is 0 Å². The molecule has 2 heterocycles. The summed E-state index contributed by atoms with van der Waals surface area (Å²) in [5.74, 6) is -0.383. The van der Waals surface area contributed by atoms with Gasteiger partial charge in [0.2, 0.25) is 0 Å². The molecule has 1 atom stereocenters. The first-order valence-electron chi connectivity index (χ1n) is 6.82. The van der Waals surface area contributed by atoms with Gasteiger partial charge in [-0.2, -0.15) is 5.10 Å². The summed E-state index contributed by atoms with van der Waals surface area (Å²) in [5.41, 5.74) is 3.32. The van der Waals surface area contributed by atoms with E-state index in [0.717, 1.165) is 22.6 Å². The summed E-state index contributed by atoms with van der Waals surface area (Å²) in [6, 6.07) is 3.03. The van der Waals surface area contributed by atoms with Gasteiger partial charge in [-0.1, -0.05) is 0 Å². The van der Waals surface area contributed by atoms with Gasteiger partial charge in [-0.05, 0) is 39.8 Å². The highest BCUT2D eigenvalue weighted by Crippen LogP contribution is 2.20. The van der Waals surface area contributed by atoms with E-state index >= 15 is 0 Å². The predicted octanol–water partition coefficient (Wildman–Crippen LogP) is 1.52. The molecule has 0 aliphatic rings. The Balaban J connectivity index is 2.25. The molecule has 0 aromatic carbocycles. The molecular formula is C15H20N4O2. The third-order valence-electron chi connectivity index (χ3n) is 3.65. The fourth-order valence-electron chi connectivity index (χ4n) is 2.51. The molecule has 0 unspecified atom stereocenters. The zero-order chi connectivity index (χ0) is 15.7. The Hall–Kier alpha value is -2.37. The second kappa shape index (κ2) is 5.55. The van der Waals surface area contributed by atoms with E-state index in [1.807, 2.05) is 27.8 Å². The van der Waals surface area contributed by atoms with Gasteiger partial charge in [-0.15, -0.1) is 0 Å². The van der Waals surface area contributed by atoms with Gasteiger partial charge in [-0.3, -0.25) is 14.3 Å². The highest BCUT2D eigenvalue weighted by Gasteiger charge is 2.19. The monoisotopic (exact) mass is 288 g/mol. The normalized spacial score (nSPS) is 12.2. The Morgan fingerprint density at radius 2 is 2.00 bits per heavy atom. The van der Waals surface area contributed by atoms with Crippen LogP contribution in [0.4, 0.5) is 0 Å². The van der Waals surface area contributed by atoms with E-state index in [-0.39, 0.29) is 23.1 Å². The quantitative estimate of drug-likeness (QED) is 0.898. The van der Waals surface area contributed by atoms with Crippen LogP contribution in [0.25, 0.3) is 0 Å². The number of carbonyl (C=O) groups is 1. The summed E-state index contributed by atoms with van der Waals surface area (Å²) >= 11 is 0. The molecule has 0 spiro atoms. The average Bonchev–Trinajstić information content (AvgIpc) is 2.62. The topological polar surface area (TPSA) is 79.8 Å². The summed E-state index contributed by atoms with van der Waals surface area (Å²) in [6.07, 6.45) is 0. The van der Waals surface area contributed by atoms with Gasteiger partial charge in [0.05, 0.1) is 11.7 Å². The fraction of sp³-hybridized carbons (Fsp3) is 0.400. The molecule has 2 N–H and O–H groups in total. The zero-order valence-electron chi connectivity index (χ0n) is 12.9. The number of nitrogens with zero attached hydrogens (tertiary/aromatic N) is 2. The van der Waals surface area contributed by atoms with Gasteiger partial charge in [0.15, 0.2) is 0 Å². The van der Waals surface area contributed by atoms with Gasteiger partial charge in [-0.25, -0.2) is 0 Å². The number of aromatic nitrogens is 3. The zero-order valence-corrected chi connectivity index (χ0v) is 12.9. The number of rotatable bonds is 3. The van der Waals surface area contributed by atoms with Crippen LogP contribution in [0, 0.1) is 20.8 Å². The Kier molecular flexibility index (Phi) is 3.97. The maximum absolute atomic E-state index is 12.2. The molecule has 112 valence electrons. The van der Waals surface area contributed by atoms with Crippen molar-refractivity contribution >= 4 is 5.91 Å². The first kappa shape index (κ1) is 15.0. The van der Waals surface area contributed by atoms with Gasteiger partial charge in [0.1, 0.15) is 5.56 Å². The molecule has 1 amide bonds. The van der Waals surface area contributed by atoms with E-state index in [1.54, 1.807) is 23.7 Å². The predicted molar refractivity (Wildman–Crippen MR) is 80.4 cm³/mol. The molecule has 0 aliphatic heterocycles. The minimum Gasteiger partial charge on any atom is -0.345 e. The molecule has 0 bridgehead atoms. The molecule has 6 nitrogen and oxygen atoms in total. The Morgan fingerprint density at radius 3 is 2.52 bits per heavy atom. The van der Waals surface area contributed by atoms with Gasteiger partial charge in [0, 0.05) is 24.0 Å². The third-order valence-corrected chi connectivity index (χ3v) is 3.65. The highest BCUT2D eigenvalue weighted by atomic mass is 16.2. The van der Waals surface area contributed by atoms with Crippen molar-refractivity contribution in [1.29, 1.82) is 0 Å². The number of H-pyrrole nitrogens is 1. The summed E-state index contributed by atoms with van der Waals surface area (Å²) in [6.45, 7) is 7.52. The molecule has 0 saturated heterocycles. The number of amides is 1. The van der Waals surface area contributed by atoms with Crippen molar-refractivity contribution < 1.29 is 4.79 Å². The molecule has 6 heteroatoms. The van der Waals surface area contributed by atoms with Gasteiger partial charge < -0.3 is 10.3 Å². The van der Waals surface area contributed by atoms with Crippen molar-refractivity contribution in [3.05, 3.63) is 50.7 Å². The molecule has 2 aromatic heterocycles. The van der Waals surface area contributed by atoms with Crippen LogP contribution in [-0.2, 0) is 7.05 Å². The number of aryl methyl sites for hydroxylation is 3. The van der Waals surface area contributed by atoms with Crippen LogP contribution in [-0.4, -0.2) is 20.7 Å². The third kappa shape index (κ3) is 2.89. The van der Waals surface area contributed by atoms with E-state index in [9.17, 15) is 9.59 Å². The average molecular weight is 288 g/mol. The first-order valence-corrected chi connectivity index (χ1v) is 6.82. The lowest BCUT2D eigenvalue weighted by atomic mass is 10.1. The summed E-state index contributed by atoms with van der Waals surface area (Å²) < 4.78 is 1.78. The molecule has 0 radical (unpaired) electrons. The molecular weight excluding hydrogens is 268 g/mol. The van der Waals surface area contributed by atoms with Crippen molar-refractivity contribution in [2.75, 3.05) is 0 Å². The SMILES string of the molecule is Cc1ccc(C(=O)N[C@@H](C)c2c(C)nn(C)c2C)c(=O)[nH]1. The molecule has 2 rings (SSSR count). The number of carbonyl (C=O) groups excluding carboxylic acids is 1. The van der Waals surface area contributed by atoms with Crippen LogP contribution in [0.15, 0.2) is 16.9 Å².